The minimum atomic E-state index is -0.250. The lowest BCUT2D eigenvalue weighted by molar-refractivity contribution is -0.140. The van der Waals surface area contributed by atoms with Gasteiger partial charge in [-0.15, -0.1) is 0 Å². The third kappa shape index (κ3) is 4.93. The number of rotatable bonds is 6. The summed E-state index contributed by atoms with van der Waals surface area (Å²) in [7, 11) is 1.39. The molecule has 0 aliphatic carbocycles. The third-order valence-electron chi connectivity index (χ3n) is 3.23. The Kier molecular flexibility index (Phi) is 6.00. The zero-order valence-electron chi connectivity index (χ0n) is 13.3. The van der Waals surface area contributed by atoms with E-state index in [9.17, 15) is 9.59 Å². The Morgan fingerprint density at radius 3 is 3.04 bits per heavy atom. The zero-order valence-corrected chi connectivity index (χ0v) is 15.0. The molecule has 2 rings (SSSR count). The number of methoxy groups -OCH3 is 1. The number of esters is 1. The Morgan fingerprint density at radius 1 is 1.57 bits per heavy atom. The largest absolute Gasteiger partial charge is 0.469 e. The van der Waals surface area contributed by atoms with E-state index in [1.807, 2.05) is 0 Å². The Balaban J connectivity index is 1.90. The minimum Gasteiger partial charge on any atom is -0.469 e. The van der Waals surface area contributed by atoms with Crippen molar-refractivity contribution in [1.29, 1.82) is 0 Å². The summed E-state index contributed by atoms with van der Waals surface area (Å²) >= 11 is 3.11. The molecule has 1 fully saturated rings. The van der Waals surface area contributed by atoms with Crippen LogP contribution in [-0.4, -0.2) is 41.4 Å². The number of ether oxygens (including phenoxy) is 1. The second-order valence-corrected chi connectivity index (χ2v) is 7.32. The van der Waals surface area contributed by atoms with Gasteiger partial charge in [0.1, 0.15) is 0 Å². The van der Waals surface area contributed by atoms with Crippen molar-refractivity contribution in [3.8, 4) is 0 Å². The molecule has 2 heterocycles. The molecule has 0 spiro atoms. The Morgan fingerprint density at radius 2 is 2.35 bits per heavy atom. The van der Waals surface area contributed by atoms with Crippen LogP contribution in [0.3, 0.4) is 0 Å². The Labute approximate surface area is 143 Å². The first-order valence-electron chi connectivity index (χ1n) is 7.19. The highest BCUT2D eigenvalue weighted by molar-refractivity contribution is 8.14. The topological polar surface area (TPSA) is 92.7 Å². The molecule has 0 radical (unpaired) electrons. The van der Waals surface area contributed by atoms with Gasteiger partial charge in [-0.2, -0.15) is 0 Å². The van der Waals surface area contributed by atoms with Gasteiger partial charge in [0.25, 0.3) is 0 Å². The normalized spacial score (nSPS) is 22.0. The molecule has 1 amide bonds. The number of thiazole rings is 1. The molecule has 1 aromatic heterocycles. The fourth-order valence-corrected chi connectivity index (χ4v) is 4.17. The first-order valence-corrected chi connectivity index (χ1v) is 8.99. The molecule has 1 aromatic rings. The number of amidine groups is 1. The lowest BCUT2D eigenvalue weighted by Gasteiger charge is -2.21. The molecule has 23 heavy (non-hydrogen) atoms. The maximum atomic E-state index is 11.1. The number of hydrogen-bond acceptors (Lipinski definition) is 7. The van der Waals surface area contributed by atoms with Gasteiger partial charge in [-0.05, 0) is 13.3 Å². The fraction of sp³-hybridized carbons (Fsp3) is 0.571. The summed E-state index contributed by atoms with van der Waals surface area (Å²) in [6.45, 7) is 4.13. The third-order valence-corrected chi connectivity index (χ3v) is 5.64. The number of anilines is 1. The molecule has 1 aliphatic heterocycles. The number of thioether (sulfide) groups is 1. The highest BCUT2D eigenvalue weighted by atomic mass is 32.2. The van der Waals surface area contributed by atoms with Crippen LogP contribution in [0.25, 0.3) is 0 Å². The lowest BCUT2D eigenvalue weighted by atomic mass is 10.1. The van der Waals surface area contributed by atoms with Crippen molar-refractivity contribution in [1.82, 2.24) is 10.3 Å². The van der Waals surface area contributed by atoms with Gasteiger partial charge in [0.05, 0.1) is 17.5 Å². The molecule has 9 heteroatoms. The van der Waals surface area contributed by atoms with Crippen molar-refractivity contribution in [2.24, 2.45) is 4.99 Å². The van der Waals surface area contributed by atoms with Crippen LogP contribution in [0.15, 0.2) is 11.2 Å². The van der Waals surface area contributed by atoms with Gasteiger partial charge in [0, 0.05) is 31.8 Å². The SMILES string of the molecule is COC(=O)CCCN=C1NC(C)(c2cnc(NC(C)=O)s2)CS1. The van der Waals surface area contributed by atoms with Crippen LogP contribution in [0.1, 0.15) is 31.6 Å². The van der Waals surface area contributed by atoms with Crippen molar-refractivity contribution in [2.45, 2.75) is 32.2 Å². The highest BCUT2D eigenvalue weighted by Gasteiger charge is 2.36. The standard InChI is InChI=1S/C14H20N4O3S2/c1-9(19)17-12-16-7-10(23-12)14(2)8-22-13(18-14)15-6-4-5-11(20)21-3/h7H,4-6,8H2,1-3H3,(H,15,18)(H,16,17,19). The van der Waals surface area contributed by atoms with Gasteiger partial charge in [-0.25, -0.2) is 4.98 Å². The molecular formula is C14H20N4O3S2. The van der Waals surface area contributed by atoms with Gasteiger partial charge in [0.15, 0.2) is 10.3 Å². The van der Waals surface area contributed by atoms with Gasteiger partial charge in [0.2, 0.25) is 5.91 Å². The molecule has 1 aliphatic rings. The van der Waals surface area contributed by atoms with E-state index in [2.05, 4.69) is 32.3 Å². The van der Waals surface area contributed by atoms with E-state index < -0.39 is 0 Å². The van der Waals surface area contributed by atoms with E-state index in [0.29, 0.717) is 24.5 Å². The molecule has 1 atom stereocenters. The van der Waals surface area contributed by atoms with Gasteiger partial charge in [-0.3, -0.25) is 14.6 Å². The van der Waals surface area contributed by atoms with Crippen LogP contribution in [0.5, 0.6) is 0 Å². The number of aromatic nitrogens is 1. The predicted octanol–water partition coefficient (Wildman–Crippen LogP) is 1.96. The van der Waals surface area contributed by atoms with E-state index in [1.54, 1.807) is 18.0 Å². The number of amides is 1. The molecule has 1 saturated heterocycles. The molecule has 0 aromatic carbocycles. The molecule has 2 N–H and O–H groups in total. The number of carbonyl (C=O) groups excluding carboxylic acids is 2. The summed E-state index contributed by atoms with van der Waals surface area (Å²) in [5.41, 5.74) is -0.250. The Hall–Kier alpha value is -1.61. The van der Waals surface area contributed by atoms with Crippen molar-refractivity contribution in [3.63, 3.8) is 0 Å². The molecule has 126 valence electrons. The monoisotopic (exact) mass is 356 g/mol. The smallest absolute Gasteiger partial charge is 0.305 e. The first-order chi connectivity index (χ1) is 10.9. The quantitative estimate of drug-likeness (QED) is 0.598. The second kappa shape index (κ2) is 7.78. The maximum Gasteiger partial charge on any atom is 0.305 e. The predicted molar refractivity (Wildman–Crippen MR) is 92.9 cm³/mol. The minimum absolute atomic E-state index is 0.127. The summed E-state index contributed by atoms with van der Waals surface area (Å²) in [5.74, 6) is 0.500. The fourth-order valence-electron chi connectivity index (χ4n) is 1.98. The lowest BCUT2D eigenvalue weighted by Crippen LogP contribution is -2.37. The van der Waals surface area contributed by atoms with E-state index in [4.69, 9.17) is 0 Å². The number of aliphatic imine (C=N–C) groups is 1. The van der Waals surface area contributed by atoms with Crippen LogP contribution in [0, 0.1) is 0 Å². The van der Waals surface area contributed by atoms with Crippen molar-refractivity contribution in [2.75, 3.05) is 24.7 Å². The summed E-state index contributed by atoms with van der Waals surface area (Å²) < 4.78 is 4.60. The van der Waals surface area contributed by atoms with Crippen LogP contribution < -0.4 is 10.6 Å². The summed E-state index contributed by atoms with van der Waals surface area (Å²) in [4.78, 5) is 31.9. The molecule has 7 nitrogen and oxygen atoms in total. The van der Waals surface area contributed by atoms with Crippen LogP contribution >= 0.6 is 23.1 Å². The van der Waals surface area contributed by atoms with Gasteiger partial charge >= 0.3 is 5.97 Å². The highest BCUT2D eigenvalue weighted by Crippen LogP contribution is 2.36. The van der Waals surface area contributed by atoms with Crippen molar-refractivity contribution in [3.05, 3.63) is 11.1 Å². The van der Waals surface area contributed by atoms with Crippen LogP contribution in [0.2, 0.25) is 0 Å². The van der Waals surface area contributed by atoms with Crippen molar-refractivity contribution >= 4 is 45.3 Å². The second-order valence-electron chi connectivity index (χ2n) is 5.32. The maximum absolute atomic E-state index is 11.1. The average Bonchev–Trinajstić information content (AvgIpc) is 3.11. The van der Waals surface area contributed by atoms with Gasteiger partial charge in [-0.1, -0.05) is 23.1 Å². The van der Waals surface area contributed by atoms with E-state index >= 15 is 0 Å². The van der Waals surface area contributed by atoms with E-state index in [0.717, 1.165) is 15.8 Å². The first kappa shape index (κ1) is 17.7. The molecule has 0 bridgehead atoms. The summed E-state index contributed by atoms with van der Waals surface area (Å²) in [6.07, 6.45) is 2.83. The number of carbonyl (C=O) groups is 2. The van der Waals surface area contributed by atoms with E-state index in [1.165, 1.54) is 25.4 Å². The molecule has 0 saturated carbocycles. The summed E-state index contributed by atoms with van der Waals surface area (Å²) in [5, 5.41) is 7.57. The summed E-state index contributed by atoms with van der Waals surface area (Å²) in [6, 6.07) is 0. The zero-order chi connectivity index (χ0) is 16.9. The van der Waals surface area contributed by atoms with Crippen LogP contribution in [0.4, 0.5) is 5.13 Å². The van der Waals surface area contributed by atoms with Crippen molar-refractivity contribution < 1.29 is 14.3 Å². The number of hydrogen-bond donors (Lipinski definition) is 2. The Bertz CT molecular complexity index is 617. The number of nitrogens with zero attached hydrogens (tertiary/aromatic N) is 2. The molecular weight excluding hydrogens is 336 g/mol. The average molecular weight is 356 g/mol. The van der Waals surface area contributed by atoms with E-state index in [-0.39, 0.29) is 17.4 Å². The van der Waals surface area contributed by atoms with Gasteiger partial charge < -0.3 is 15.4 Å². The van der Waals surface area contributed by atoms with Crippen LogP contribution in [-0.2, 0) is 19.9 Å². The molecule has 1 unspecified atom stereocenters. The number of nitrogens with one attached hydrogen (secondary N) is 2.